The molecule has 1 amide bonds. The Morgan fingerprint density at radius 2 is 1.46 bits per heavy atom. The minimum absolute atomic E-state index is 0.184. The highest BCUT2D eigenvalue weighted by Crippen LogP contribution is 2.28. The number of methoxy groups -OCH3 is 1. The zero-order chi connectivity index (χ0) is 28.4. The van der Waals surface area contributed by atoms with Crippen molar-refractivity contribution in [3.05, 3.63) is 84.9 Å². The summed E-state index contributed by atoms with van der Waals surface area (Å²) in [6, 6.07) is 24.3. The lowest BCUT2D eigenvalue weighted by Gasteiger charge is -2.32. The molecule has 0 saturated heterocycles. The normalized spacial score (nSPS) is 13.3. The van der Waals surface area contributed by atoms with Gasteiger partial charge in [-0.1, -0.05) is 81.4 Å². The van der Waals surface area contributed by atoms with Crippen LogP contribution in [0.25, 0.3) is 11.1 Å². The number of nitrogens with zero attached hydrogens (tertiary/aromatic N) is 1. The van der Waals surface area contributed by atoms with Crippen LogP contribution in [0.3, 0.4) is 0 Å². The number of carbonyl (C=O) groups is 2. The molecule has 0 bridgehead atoms. The van der Waals surface area contributed by atoms with Gasteiger partial charge in [0.05, 0.1) is 14.9 Å². The van der Waals surface area contributed by atoms with Crippen molar-refractivity contribution < 1.29 is 24.1 Å². The van der Waals surface area contributed by atoms with Crippen LogP contribution in [0.2, 0.25) is 0 Å². The van der Waals surface area contributed by atoms with E-state index in [0.29, 0.717) is 29.3 Å². The van der Waals surface area contributed by atoms with Crippen molar-refractivity contribution in [2.24, 2.45) is 5.92 Å². The number of carbonyl (C=O) groups excluding carboxylic acids is 2. The van der Waals surface area contributed by atoms with Gasteiger partial charge in [-0.3, -0.25) is 9.69 Å². The Bertz CT molecular complexity index is 1250. The summed E-state index contributed by atoms with van der Waals surface area (Å²) >= 11 is 0. The van der Waals surface area contributed by atoms with Crippen molar-refractivity contribution in [3.8, 4) is 16.9 Å². The minimum atomic E-state index is -1.84. The van der Waals surface area contributed by atoms with E-state index in [1.165, 1.54) is 12.0 Å². The van der Waals surface area contributed by atoms with Gasteiger partial charge in [-0.2, -0.15) is 0 Å². The third-order valence-electron chi connectivity index (χ3n) is 6.31. The molecule has 0 radical (unpaired) electrons. The lowest BCUT2D eigenvalue weighted by Crippen LogP contribution is -2.57. The van der Waals surface area contributed by atoms with Crippen molar-refractivity contribution in [3.63, 3.8) is 0 Å². The van der Waals surface area contributed by atoms with Crippen LogP contribution in [0.4, 0.5) is 5.69 Å². The zero-order valence-electron chi connectivity index (χ0n) is 23.2. The van der Waals surface area contributed by atoms with Gasteiger partial charge in [-0.25, -0.2) is 4.79 Å². The second-order valence-corrected chi connectivity index (χ2v) is 11.2. The Labute approximate surface area is 232 Å². The van der Waals surface area contributed by atoms with Crippen LogP contribution in [0.15, 0.2) is 84.9 Å². The van der Waals surface area contributed by atoms with Gasteiger partial charge >= 0.3 is 5.97 Å². The Morgan fingerprint density at radius 1 is 0.897 bits per heavy atom. The summed E-state index contributed by atoms with van der Waals surface area (Å²) in [5.74, 6) is -0.706. The van der Waals surface area contributed by atoms with Crippen molar-refractivity contribution in [1.82, 2.24) is 5.48 Å². The summed E-state index contributed by atoms with van der Waals surface area (Å²) in [7, 11) is -0.553. The third kappa shape index (κ3) is 7.76. The smallest absolute Gasteiger partial charge is 0.328 e. The monoisotopic (exact) mass is 548 g/mol. The van der Waals surface area contributed by atoms with E-state index in [-0.39, 0.29) is 5.92 Å². The maximum atomic E-state index is 14.4. The highest BCUT2D eigenvalue weighted by atomic mass is 31.1. The molecule has 3 rings (SSSR count). The van der Waals surface area contributed by atoms with Gasteiger partial charge in [-0.05, 0) is 48.7 Å². The first kappa shape index (κ1) is 30.0. The Balaban J connectivity index is 2.08. The van der Waals surface area contributed by atoms with E-state index in [0.717, 1.165) is 11.1 Å². The second kappa shape index (κ2) is 14.6. The van der Waals surface area contributed by atoms with E-state index in [1.807, 2.05) is 81.4 Å². The molecule has 3 aromatic rings. The predicted octanol–water partition coefficient (Wildman–Crippen LogP) is 5.20. The van der Waals surface area contributed by atoms with Crippen LogP contribution in [-0.2, 0) is 14.3 Å². The number of esters is 1. The topological polar surface area (TPSA) is 90.9 Å². The Morgan fingerprint density at radius 3 is 2.00 bits per heavy atom. The maximum absolute atomic E-state index is 14.4. The summed E-state index contributed by atoms with van der Waals surface area (Å²) in [6.45, 7) is 7.39. The molecule has 39 heavy (non-hydrogen) atoms. The van der Waals surface area contributed by atoms with Crippen molar-refractivity contribution in [2.45, 2.75) is 46.2 Å². The first-order valence-electron chi connectivity index (χ1n) is 13.1. The SMILES string of the molecule is CCC[P+]([O-])=C(C(C)C)[C@H](NOc1ccccc1)C(=O)N(c1ccc(-c2ccccc2)cc1)[C@@H](C)C(=O)OC. The predicted molar refractivity (Wildman–Crippen MR) is 157 cm³/mol. The average Bonchev–Trinajstić information content (AvgIpc) is 2.96. The number of rotatable bonds is 12. The molecule has 3 aromatic carbocycles. The van der Waals surface area contributed by atoms with Gasteiger partial charge in [0.15, 0.2) is 6.04 Å². The quantitative estimate of drug-likeness (QED) is 0.190. The number of hydrogen-bond donors (Lipinski definition) is 1. The molecule has 0 aliphatic heterocycles. The molecule has 8 heteroatoms. The molecule has 1 N–H and O–H groups in total. The van der Waals surface area contributed by atoms with E-state index in [1.54, 1.807) is 31.2 Å². The number of anilines is 1. The van der Waals surface area contributed by atoms with E-state index >= 15 is 0 Å². The Kier molecular flexibility index (Phi) is 11.2. The zero-order valence-corrected chi connectivity index (χ0v) is 24.1. The number of nitrogens with one attached hydrogen (secondary N) is 1. The minimum Gasteiger partial charge on any atom is -0.630 e. The summed E-state index contributed by atoms with van der Waals surface area (Å²) in [4.78, 5) is 47.7. The molecule has 0 fully saturated rings. The van der Waals surface area contributed by atoms with Crippen LogP contribution in [0.5, 0.6) is 5.75 Å². The lowest BCUT2D eigenvalue weighted by atomic mass is 10.0. The van der Waals surface area contributed by atoms with Gasteiger partial charge in [0.2, 0.25) is 0 Å². The molecule has 0 heterocycles. The maximum Gasteiger partial charge on any atom is 0.328 e. The fourth-order valence-corrected chi connectivity index (χ4v) is 6.04. The Hall–Kier alpha value is -3.51. The molecule has 0 spiro atoms. The molecule has 1 unspecified atom stereocenters. The fraction of sp³-hybridized carbons (Fsp3) is 0.323. The lowest BCUT2D eigenvalue weighted by molar-refractivity contribution is -0.153. The van der Waals surface area contributed by atoms with Gasteiger partial charge < -0.3 is 14.5 Å². The van der Waals surface area contributed by atoms with E-state index in [4.69, 9.17) is 9.57 Å². The summed E-state index contributed by atoms with van der Waals surface area (Å²) in [5, 5.41) is 0.538. The molecule has 0 aliphatic rings. The largest absolute Gasteiger partial charge is 0.630 e. The van der Waals surface area contributed by atoms with Crippen LogP contribution >= 0.6 is 7.77 Å². The highest BCUT2D eigenvalue weighted by Gasteiger charge is 2.39. The molecule has 0 aliphatic carbocycles. The summed E-state index contributed by atoms with van der Waals surface area (Å²) < 4.78 is 5.01. The van der Waals surface area contributed by atoms with E-state index in [9.17, 15) is 14.5 Å². The van der Waals surface area contributed by atoms with Crippen LogP contribution in [0.1, 0.15) is 34.1 Å². The number of amides is 1. The fourth-order valence-electron chi connectivity index (χ4n) is 4.35. The van der Waals surface area contributed by atoms with Gasteiger partial charge in [-0.15, -0.1) is 5.48 Å². The van der Waals surface area contributed by atoms with Crippen LogP contribution < -0.4 is 20.1 Å². The molecule has 0 aromatic heterocycles. The van der Waals surface area contributed by atoms with Crippen molar-refractivity contribution in [2.75, 3.05) is 18.2 Å². The third-order valence-corrected chi connectivity index (χ3v) is 8.51. The molecular weight excluding hydrogens is 511 g/mol. The highest BCUT2D eigenvalue weighted by molar-refractivity contribution is 7.52. The number of ether oxygens (including phenoxy) is 1. The van der Waals surface area contributed by atoms with Gasteiger partial charge in [0, 0.05) is 11.6 Å². The number of benzene rings is 3. The standard InChI is InChI=1S/C31H37N2O5P/c1-6-21-39(36)29(22(2)3)28(32-38-27-15-11-8-12-16-27)30(34)33(23(4)31(35)37-5)26-19-17-25(18-20-26)24-13-9-7-10-14-24/h7-20,22-23,28,32H,6,21H2,1-5H3/t23-,28-/m0/s1. The first-order valence-corrected chi connectivity index (χ1v) is 14.6. The number of hydrogen-bond acceptors (Lipinski definition) is 6. The summed E-state index contributed by atoms with van der Waals surface area (Å²) in [5.41, 5.74) is 5.41. The second-order valence-electron chi connectivity index (χ2n) is 9.47. The number of para-hydroxylation sites is 1. The average molecular weight is 549 g/mol. The van der Waals surface area contributed by atoms with Gasteiger partial charge in [0.1, 0.15) is 23.2 Å². The molecule has 206 valence electrons. The van der Waals surface area contributed by atoms with Gasteiger partial charge in [0.25, 0.3) is 5.91 Å². The summed E-state index contributed by atoms with van der Waals surface area (Å²) in [6.07, 6.45) is 1.15. The molecule has 7 nitrogen and oxygen atoms in total. The molecule has 0 saturated carbocycles. The van der Waals surface area contributed by atoms with Crippen LogP contribution in [0, 0.1) is 5.92 Å². The van der Waals surface area contributed by atoms with Crippen molar-refractivity contribution >= 4 is 30.6 Å². The van der Waals surface area contributed by atoms with E-state index in [2.05, 4.69) is 5.48 Å². The molecular formula is C31H37N2O5P. The number of hydroxylamine groups is 1. The molecule has 3 atom stereocenters. The van der Waals surface area contributed by atoms with E-state index < -0.39 is 31.7 Å². The van der Waals surface area contributed by atoms with Crippen LogP contribution in [-0.4, -0.2) is 42.5 Å². The van der Waals surface area contributed by atoms with Crippen molar-refractivity contribution in [1.29, 1.82) is 0 Å². The first-order chi connectivity index (χ1) is 18.8.